The predicted molar refractivity (Wildman–Crippen MR) is 69.9 cm³/mol. The standard InChI is InChI=1S/C14H21NS/c15-14(8-4-1-5-9-14)12-10-16-13-7-3-2-6-11(12)13/h10H,1-9,15H2. The van der Waals surface area contributed by atoms with Crippen LogP contribution in [0.15, 0.2) is 5.38 Å². The van der Waals surface area contributed by atoms with Gasteiger partial charge in [-0.3, -0.25) is 0 Å². The number of thiophene rings is 1. The van der Waals surface area contributed by atoms with E-state index in [2.05, 4.69) is 5.38 Å². The fourth-order valence-electron chi connectivity index (χ4n) is 3.36. The highest BCUT2D eigenvalue weighted by Gasteiger charge is 2.33. The summed E-state index contributed by atoms with van der Waals surface area (Å²) < 4.78 is 0. The van der Waals surface area contributed by atoms with Crippen molar-refractivity contribution in [2.75, 3.05) is 0 Å². The zero-order chi connectivity index (χ0) is 11.0. The van der Waals surface area contributed by atoms with Crippen molar-refractivity contribution >= 4 is 11.3 Å². The monoisotopic (exact) mass is 235 g/mol. The van der Waals surface area contributed by atoms with Crippen LogP contribution >= 0.6 is 11.3 Å². The molecule has 2 aliphatic rings. The average molecular weight is 235 g/mol. The highest BCUT2D eigenvalue weighted by atomic mass is 32.1. The first-order chi connectivity index (χ1) is 7.80. The Kier molecular flexibility index (Phi) is 2.80. The molecule has 0 unspecified atom stereocenters. The van der Waals surface area contributed by atoms with Gasteiger partial charge in [0.05, 0.1) is 0 Å². The van der Waals surface area contributed by atoms with E-state index >= 15 is 0 Å². The van der Waals surface area contributed by atoms with Gasteiger partial charge in [0.15, 0.2) is 0 Å². The molecule has 2 heteroatoms. The first-order valence-electron chi connectivity index (χ1n) is 6.68. The normalized spacial score (nSPS) is 24.1. The molecule has 1 aromatic rings. The predicted octanol–water partition coefficient (Wildman–Crippen LogP) is 3.75. The molecule has 0 radical (unpaired) electrons. The molecule has 0 aliphatic heterocycles. The Morgan fingerprint density at radius 3 is 2.56 bits per heavy atom. The minimum absolute atomic E-state index is 0.0275. The molecule has 16 heavy (non-hydrogen) atoms. The second-order valence-electron chi connectivity index (χ2n) is 5.48. The molecular formula is C14H21NS. The van der Waals surface area contributed by atoms with Gasteiger partial charge in [0.2, 0.25) is 0 Å². The van der Waals surface area contributed by atoms with Gasteiger partial charge in [0, 0.05) is 10.4 Å². The van der Waals surface area contributed by atoms with E-state index in [1.54, 1.807) is 10.4 Å². The Morgan fingerprint density at radius 1 is 1.00 bits per heavy atom. The van der Waals surface area contributed by atoms with Crippen LogP contribution in [0.4, 0.5) is 0 Å². The fourth-order valence-corrected chi connectivity index (χ4v) is 4.62. The highest BCUT2D eigenvalue weighted by molar-refractivity contribution is 7.10. The maximum absolute atomic E-state index is 6.66. The van der Waals surface area contributed by atoms with E-state index in [0.717, 1.165) is 0 Å². The van der Waals surface area contributed by atoms with Crippen molar-refractivity contribution in [3.8, 4) is 0 Å². The molecule has 0 amide bonds. The molecule has 88 valence electrons. The lowest BCUT2D eigenvalue weighted by atomic mass is 9.75. The molecule has 3 rings (SSSR count). The van der Waals surface area contributed by atoms with Crippen LogP contribution < -0.4 is 5.73 Å². The van der Waals surface area contributed by atoms with Crippen molar-refractivity contribution in [1.29, 1.82) is 0 Å². The van der Waals surface area contributed by atoms with Crippen LogP contribution in [0.1, 0.15) is 60.9 Å². The number of hydrogen-bond acceptors (Lipinski definition) is 2. The smallest absolute Gasteiger partial charge is 0.0420 e. The summed E-state index contributed by atoms with van der Waals surface area (Å²) in [6, 6.07) is 0. The van der Waals surface area contributed by atoms with Crippen molar-refractivity contribution < 1.29 is 0 Å². The van der Waals surface area contributed by atoms with Gasteiger partial charge in [0.25, 0.3) is 0 Å². The van der Waals surface area contributed by atoms with E-state index in [-0.39, 0.29) is 5.54 Å². The zero-order valence-corrected chi connectivity index (χ0v) is 10.7. The summed E-state index contributed by atoms with van der Waals surface area (Å²) in [5.74, 6) is 0. The fraction of sp³-hybridized carbons (Fsp3) is 0.714. The molecule has 0 atom stereocenters. The lowest BCUT2D eigenvalue weighted by Gasteiger charge is -2.34. The second-order valence-corrected chi connectivity index (χ2v) is 6.44. The van der Waals surface area contributed by atoms with Crippen molar-refractivity contribution in [2.24, 2.45) is 5.73 Å². The molecule has 0 spiro atoms. The first kappa shape index (κ1) is 10.8. The molecule has 1 heterocycles. The van der Waals surface area contributed by atoms with E-state index in [1.165, 1.54) is 63.4 Å². The topological polar surface area (TPSA) is 26.0 Å². The molecule has 1 fully saturated rings. The Morgan fingerprint density at radius 2 is 1.75 bits per heavy atom. The number of fused-ring (bicyclic) bond motifs is 1. The van der Waals surface area contributed by atoms with Gasteiger partial charge in [-0.25, -0.2) is 0 Å². The maximum atomic E-state index is 6.66. The van der Waals surface area contributed by atoms with Gasteiger partial charge >= 0.3 is 0 Å². The van der Waals surface area contributed by atoms with E-state index in [4.69, 9.17) is 5.73 Å². The number of rotatable bonds is 1. The summed E-state index contributed by atoms with van der Waals surface area (Å²) in [5.41, 5.74) is 9.84. The Balaban J connectivity index is 1.95. The van der Waals surface area contributed by atoms with Gasteiger partial charge in [0.1, 0.15) is 0 Å². The number of hydrogen-bond donors (Lipinski definition) is 1. The Hall–Kier alpha value is -0.340. The van der Waals surface area contributed by atoms with Crippen LogP contribution in [0, 0.1) is 0 Å². The summed E-state index contributed by atoms with van der Waals surface area (Å²) >= 11 is 1.96. The van der Waals surface area contributed by atoms with Crippen LogP contribution in [-0.2, 0) is 18.4 Å². The average Bonchev–Trinajstić information content (AvgIpc) is 2.74. The minimum Gasteiger partial charge on any atom is -0.321 e. The van der Waals surface area contributed by atoms with Gasteiger partial charge in [-0.2, -0.15) is 0 Å². The Labute approximate surface area is 102 Å². The lowest BCUT2D eigenvalue weighted by molar-refractivity contribution is 0.300. The third-order valence-corrected chi connectivity index (χ3v) is 5.43. The summed E-state index contributed by atoms with van der Waals surface area (Å²) in [6.07, 6.45) is 11.8. The van der Waals surface area contributed by atoms with Crippen LogP contribution in [0.25, 0.3) is 0 Å². The highest BCUT2D eigenvalue weighted by Crippen LogP contribution is 2.41. The molecule has 1 saturated carbocycles. The molecule has 1 nitrogen and oxygen atoms in total. The number of nitrogens with two attached hydrogens (primary N) is 1. The molecule has 2 N–H and O–H groups in total. The van der Waals surface area contributed by atoms with Gasteiger partial charge in [-0.05, 0) is 55.0 Å². The molecule has 0 aromatic carbocycles. The zero-order valence-electron chi connectivity index (χ0n) is 9.93. The van der Waals surface area contributed by atoms with Crippen LogP contribution in [-0.4, -0.2) is 0 Å². The van der Waals surface area contributed by atoms with E-state index in [1.807, 2.05) is 11.3 Å². The third kappa shape index (κ3) is 1.72. The van der Waals surface area contributed by atoms with Crippen molar-refractivity contribution in [3.05, 3.63) is 21.4 Å². The summed E-state index contributed by atoms with van der Waals surface area (Å²) in [7, 11) is 0. The SMILES string of the molecule is NC1(c2csc3c2CCCC3)CCCCC1. The Bertz CT molecular complexity index is 374. The minimum atomic E-state index is 0.0275. The van der Waals surface area contributed by atoms with Gasteiger partial charge in [-0.15, -0.1) is 11.3 Å². The molecule has 0 saturated heterocycles. The summed E-state index contributed by atoms with van der Waals surface area (Å²) in [5, 5.41) is 2.38. The van der Waals surface area contributed by atoms with E-state index in [0.29, 0.717) is 0 Å². The molecular weight excluding hydrogens is 214 g/mol. The lowest BCUT2D eigenvalue weighted by Crippen LogP contribution is -2.39. The van der Waals surface area contributed by atoms with Gasteiger partial charge < -0.3 is 5.73 Å². The maximum Gasteiger partial charge on any atom is 0.0420 e. The third-order valence-electron chi connectivity index (χ3n) is 4.34. The molecule has 2 aliphatic carbocycles. The van der Waals surface area contributed by atoms with Crippen molar-refractivity contribution in [2.45, 2.75) is 63.3 Å². The van der Waals surface area contributed by atoms with Crippen molar-refractivity contribution in [3.63, 3.8) is 0 Å². The van der Waals surface area contributed by atoms with E-state index in [9.17, 15) is 0 Å². The van der Waals surface area contributed by atoms with Gasteiger partial charge in [-0.1, -0.05) is 19.3 Å². The van der Waals surface area contributed by atoms with Crippen molar-refractivity contribution in [1.82, 2.24) is 0 Å². The first-order valence-corrected chi connectivity index (χ1v) is 7.56. The summed E-state index contributed by atoms with van der Waals surface area (Å²) in [6.45, 7) is 0. The molecule has 0 bridgehead atoms. The second kappa shape index (κ2) is 4.15. The van der Waals surface area contributed by atoms with Crippen LogP contribution in [0.2, 0.25) is 0 Å². The van der Waals surface area contributed by atoms with Crippen LogP contribution in [0.3, 0.4) is 0 Å². The van der Waals surface area contributed by atoms with Crippen LogP contribution in [0.5, 0.6) is 0 Å². The quantitative estimate of drug-likeness (QED) is 0.788. The number of aryl methyl sites for hydroxylation is 1. The molecule has 1 aromatic heterocycles. The van der Waals surface area contributed by atoms with E-state index < -0.39 is 0 Å². The summed E-state index contributed by atoms with van der Waals surface area (Å²) in [4.78, 5) is 1.64. The largest absolute Gasteiger partial charge is 0.321 e.